The van der Waals surface area contributed by atoms with Crippen molar-refractivity contribution in [3.05, 3.63) is 0 Å². The number of aliphatic hydroxyl groups is 2. The van der Waals surface area contributed by atoms with Crippen molar-refractivity contribution in [2.75, 3.05) is 14.2 Å². The molecular formula is C30H84In2O2Si8. The van der Waals surface area contributed by atoms with Gasteiger partial charge in [-0.3, -0.25) is 0 Å². The molecule has 0 saturated carbocycles. The summed E-state index contributed by atoms with van der Waals surface area (Å²) in [5.41, 5.74) is 0. The Morgan fingerprint density at radius 2 is 0.310 bits per heavy atom. The van der Waals surface area contributed by atoms with Gasteiger partial charge in [-0.2, -0.15) is 0 Å². The van der Waals surface area contributed by atoms with E-state index in [4.69, 9.17) is 10.2 Å². The molecule has 0 aromatic rings. The van der Waals surface area contributed by atoms with Gasteiger partial charge in [0.05, 0.1) is 0 Å². The molecule has 2 nitrogen and oxygen atoms in total. The minimum atomic E-state index is -0.952. The second-order valence-electron chi connectivity index (χ2n) is 21.2. The van der Waals surface area contributed by atoms with Gasteiger partial charge in [-0.1, -0.05) is 0 Å². The van der Waals surface area contributed by atoms with Crippen LogP contribution in [0.2, 0.25) is 169 Å². The fraction of sp³-hybridized carbons (Fsp3) is 1.00. The van der Waals surface area contributed by atoms with Crippen LogP contribution in [0.25, 0.3) is 0 Å². The first-order chi connectivity index (χ1) is 17.9. The average Bonchev–Trinajstić information content (AvgIpc) is 2.63. The number of hydrogen-bond donors (Lipinski definition) is 2. The van der Waals surface area contributed by atoms with E-state index >= 15 is 0 Å². The van der Waals surface area contributed by atoms with Gasteiger partial charge in [-0.15, -0.1) is 0 Å². The number of hydrogen-bond acceptors (Lipinski definition) is 2. The second-order valence-corrected chi connectivity index (χ2v) is 91.4. The van der Waals surface area contributed by atoms with Crippen LogP contribution in [0.5, 0.6) is 0 Å². The Bertz CT molecular complexity index is 536. The van der Waals surface area contributed by atoms with E-state index in [1.807, 2.05) is 0 Å². The Morgan fingerprint density at radius 1 is 0.238 bits per heavy atom. The number of rotatable bonds is 12. The normalized spacial score (nSPS) is 14.1. The molecule has 0 saturated heterocycles. The Morgan fingerprint density at radius 3 is 0.357 bits per heavy atom. The van der Waals surface area contributed by atoms with Crippen LogP contribution in [0, 0.1) is 0 Å². The molecule has 0 aliphatic carbocycles. The summed E-state index contributed by atoms with van der Waals surface area (Å²) < 4.78 is 5.11. The molecule has 0 spiro atoms. The molecule has 2 radical (unpaired) electrons. The quantitative estimate of drug-likeness (QED) is 0.192. The van der Waals surface area contributed by atoms with E-state index in [2.05, 4.69) is 157 Å². The Balaban J connectivity index is -0.000000307. The zero-order valence-electron chi connectivity index (χ0n) is 34.4. The first-order valence-corrected chi connectivity index (χ1v) is 52.8. The van der Waals surface area contributed by atoms with Crippen molar-refractivity contribution in [2.45, 2.75) is 169 Å². The fourth-order valence-corrected chi connectivity index (χ4v) is 116. The monoisotopic (exact) mass is 930 g/mol. The van der Waals surface area contributed by atoms with Crippen molar-refractivity contribution in [3.8, 4) is 0 Å². The third kappa shape index (κ3) is 22.1. The molecular weight excluding hydrogens is 847 g/mol. The van der Waals surface area contributed by atoms with Crippen molar-refractivity contribution in [1.82, 2.24) is 0 Å². The average molecular weight is 931 g/mol. The summed E-state index contributed by atoms with van der Waals surface area (Å²) in [7, 11) is -5.61. The third-order valence-electron chi connectivity index (χ3n) is 8.23. The van der Waals surface area contributed by atoms with E-state index in [1.54, 1.807) is 0 Å². The molecule has 0 bridgehead atoms. The molecule has 0 aromatic heterocycles. The van der Waals surface area contributed by atoms with E-state index in [9.17, 15) is 0 Å². The first-order valence-electron chi connectivity index (χ1n) is 16.5. The van der Waals surface area contributed by atoms with Gasteiger partial charge in [-0.05, 0) is 0 Å². The van der Waals surface area contributed by atoms with E-state index in [0.717, 1.165) is 14.2 Å². The van der Waals surface area contributed by atoms with Gasteiger partial charge in [0.15, 0.2) is 0 Å². The van der Waals surface area contributed by atoms with Crippen LogP contribution in [0.15, 0.2) is 0 Å². The van der Waals surface area contributed by atoms with Gasteiger partial charge in [0, 0.05) is 14.2 Å². The van der Waals surface area contributed by atoms with E-state index in [1.165, 1.54) is 11.7 Å². The first kappa shape index (κ1) is 52.2. The molecule has 42 heavy (non-hydrogen) atoms. The summed E-state index contributed by atoms with van der Waals surface area (Å²) in [4.78, 5) is 0. The van der Waals surface area contributed by atoms with Crippen molar-refractivity contribution in [1.29, 1.82) is 0 Å². The van der Waals surface area contributed by atoms with Crippen molar-refractivity contribution in [2.24, 2.45) is 0 Å². The van der Waals surface area contributed by atoms with Crippen LogP contribution in [0.1, 0.15) is 0 Å². The van der Waals surface area contributed by atoms with Gasteiger partial charge < -0.3 is 10.2 Å². The Kier molecular flexibility index (Phi) is 24.3. The maximum absolute atomic E-state index is 7.00. The maximum atomic E-state index is 7.00. The van der Waals surface area contributed by atoms with Gasteiger partial charge >= 0.3 is 279 Å². The van der Waals surface area contributed by atoms with Crippen LogP contribution < -0.4 is 0 Å². The molecule has 0 amide bonds. The zero-order chi connectivity index (χ0) is 35.7. The zero-order valence-corrected chi connectivity index (χ0v) is 48.9. The summed E-state index contributed by atoms with van der Waals surface area (Å²) in [6.45, 7) is 63.8. The molecule has 0 rings (SSSR count). The molecule has 0 heterocycles. The van der Waals surface area contributed by atoms with Gasteiger partial charge in [-0.25, -0.2) is 0 Å². The van der Waals surface area contributed by atoms with E-state index in [0.29, 0.717) is 0 Å². The standard InChI is InChI=1S/4C7H19Si2.2CH4O.2In/c4*1-8(2,3)7-9(4,5)6;2*1-2;;/h4*7H,1-6H3;2*2H,1H3;;. The molecule has 0 aliphatic rings. The van der Waals surface area contributed by atoms with Crippen molar-refractivity contribution in [3.63, 3.8) is 0 Å². The van der Waals surface area contributed by atoms with Gasteiger partial charge in [0.1, 0.15) is 0 Å². The summed E-state index contributed by atoms with van der Waals surface area (Å²) in [6.07, 6.45) is 0. The van der Waals surface area contributed by atoms with Crippen LogP contribution in [-0.2, 0) is 0 Å². The van der Waals surface area contributed by atoms with Crippen LogP contribution in [0.4, 0.5) is 0 Å². The topological polar surface area (TPSA) is 40.5 Å². The third-order valence-corrected chi connectivity index (χ3v) is 127. The predicted octanol–water partition coefficient (Wildman–Crippen LogP) is 10.8. The molecule has 12 heteroatoms. The minimum absolute atomic E-state index is 0.481. The van der Waals surface area contributed by atoms with Crippen molar-refractivity contribution < 1.29 is 10.2 Å². The van der Waals surface area contributed by atoms with Crippen molar-refractivity contribution >= 4 is 110 Å². The molecule has 254 valence electrons. The van der Waals surface area contributed by atoms with Gasteiger partial charge in [0.25, 0.3) is 0 Å². The summed E-state index contributed by atoms with van der Waals surface area (Å²) in [5, 5.41) is 14.0. The number of aliphatic hydroxyl groups excluding tert-OH is 2. The molecule has 2 N–H and O–H groups in total. The summed E-state index contributed by atoms with van der Waals surface area (Å²) >= 11 is -0.963. The molecule has 0 atom stereocenters. The second kappa shape index (κ2) is 19.5. The molecule has 0 aromatic carbocycles. The van der Waals surface area contributed by atoms with Crippen LogP contribution in [0.3, 0.4) is 0 Å². The predicted molar refractivity (Wildman–Crippen MR) is 230 cm³/mol. The summed E-state index contributed by atoms with van der Waals surface area (Å²) in [6, 6.07) is 0. The van der Waals surface area contributed by atoms with E-state index in [-0.39, 0.29) is 0 Å². The van der Waals surface area contributed by atoms with Crippen LogP contribution >= 0.6 is 0 Å². The van der Waals surface area contributed by atoms with Gasteiger partial charge in [0.2, 0.25) is 0 Å². The molecule has 0 aliphatic heterocycles. The fourth-order valence-electron chi connectivity index (χ4n) is 7.89. The summed E-state index contributed by atoms with van der Waals surface area (Å²) in [5.74, 6) is 0. The Hall–Kier alpha value is 3.40. The Labute approximate surface area is 300 Å². The van der Waals surface area contributed by atoms with E-state index < -0.39 is 110 Å². The van der Waals surface area contributed by atoms with Crippen LogP contribution in [-0.4, -0.2) is 135 Å². The molecule has 0 unspecified atom stereocenters. The SMILES string of the molecule is CO.CO.C[Si](C)(C)[CH]([In][CH]([Si](C)(C)C)[Si](C)(C)C)[Si](C)(C)C.C[Si](C)(C)[CH]([In][CH]([Si](C)(C)C)[Si](C)(C)C)[Si](C)(C)C. The molecule has 0 fully saturated rings.